The fourth-order valence-corrected chi connectivity index (χ4v) is 6.64. The standard InChI is InChI=1S/C34H47F3N7O2/c1-43(2)27(18-38)21-44(3,22-28(43)19-39)14-6-8-29(40)33(46)42-31(16-23-10-12-26(13-11-23)34(35,36)37)32(45)17-24-15-25-7-4-5-9-30(25)41-20-24/h4-5,7,9-13,15,20,27-29,31H,6,8,14,16-19,21-22,38-40H2,1-3H3/q+1/p+1/t27?,28?,29-,31-,44?/m0/s1. The number of aromatic nitrogens is 1. The molecule has 1 aliphatic rings. The second kappa shape index (κ2) is 14.6. The van der Waals surface area contributed by atoms with E-state index in [0.717, 1.165) is 51.6 Å². The number of hydrogen-bond acceptors (Lipinski definition) is 6. The Bertz CT molecular complexity index is 1480. The Balaban J connectivity index is 1.43. The number of quaternary nitrogens is 2. The van der Waals surface area contributed by atoms with Crippen molar-refractivity contribution in [1.82, 2.24) is 10.3 Å². The number of nitrogens with two attached hydrogens (primary N) is 3. The van der Waals surface area contributed by atoms with Gasteiger partial charge in [-0.2, -0.15) is 13.2 Å². The molecule has 1 fully saturated rings. The first-order valence-electron chi connectivity index (χ1n) is 15.8. The van der Waals surface area contributed by atoms with E-state index in [1.807, 2.05) is 30.3 Å². The Morgan fingerprint density at radius 2 is 1.61 bits per heavy atom. The molecule has 0 saturated carbocycles. The van der Waals surface area contributed by atoms with Gasteiger partial charge in [0.05, 0.1) is 63.9 Å². The molecule has 9 nitrogen and oxygen atoms in total. The molecule has 2 aromatic carbocycles. The van der Waals surface area contributed by atoms with E-state index in [2.05, 4.69) is 31.4 Å². The Morgan fingerprint density at radius 1 is 0.978 bits per heavy atom. The van der Waals surface area contributed by atoms with E-state index in [4.69, 9.17) is 17.2 Å². The summed E-state index contributed by atoms with van der Waals surface area (Å²) in [6.07, 6.45) is -1.73. The number of Topliss-reactive ketones (excluding diaryl/α,β-unsaturated/α-hetero) is 1. The van der Waals surface area contributed by atoms with Crippen LogP contribution in [0, 0.1) is 0 Å². The van der Waals surface area contributed by atoms with Gasteiger partial charge >= 0.3 is 6.18 Å². The average Bonchev–Trinajstić information content (AvgIpc) is 3.01. The van der Waals surface area contributed by atoms with Crippen molar-refractivity contribution in [2.75, 3.05) is 53.9 Å². The molecule has 1 amide bonds. The van der Waals surface area contributed by atoms with Crippen LogP contribution in [0.3, 0.4) is 0 Å². The van der Waals surface area contributed by atoms with Gasteiger partial charge in [0.15, 0.2) is 17.9 Å². The Labute approximate surface area is 269 Å². The molecule has 3 aromatic rings. The molecular weight excluding hydrogens is 595 g/mol. The van der Waals surface area contributed by atoms with Crippen molar-refractivity contribution >= 4 is 22.6 Å². The number of ketones is 1. The lowest BCUT2D eigenvalue weighted by molar-refractivity contribution is -1.04. The second-order valence-electron chi connectivity index (χ2n) is 13.5. The molecule has 250 valence electrons. The fraction of sp³-hybridized carbons (Fsp3) is 0.500. The fourth-order valence-electron chi connectivity index (χ4n) is 6.64. The number of carbonyl (C=O) groups excluding carboxylic acids is 2. The summed E-state index contributed by atoms with van der Waals surface area (Å²) < 4.78 is 41.0. The second-order valence-corrected chi connectivity index (χ2v) is 13.5. The molecule has 0 radical (unpaired) electrons. The number of nitrogens with one attached hydrogen (secondary N) is 1. The summed E-state index contributed by atoms with van der Waals surface area (Å²) in [5.41, 5.74) is 19.8. The zero-order valence-corrected chi connectivity index (χ0v) is 27.0. The van der Waals surface area contributed by atoms with E-state index >= 15 is 0 Å². The maximum atomic E-state index is 13.6. The minimum absolute atomic E-state index is 0.00599. The molecule has 2 unspecified atom stereocenters. The summed E-state index contributed by atoms with van der Waals surface area (Å²) in [4.78, 5) is 31.3. The van der Waals surface area contributed by atoms with Gasteiger partial charge < -0.3 is 31.5 Å². The van der Waals surface area contributed by atoms with Crippen LogP contribution in [0.15, 0.2) is 60.8 Å². The quantitative estimate of drug-likeness (QED) is 0.211. The highest BCUT2D eigenvalue weighted by Crippen LogP contribution is 2.29. The zero-order valence-electron chi connectivity index (χ0n) is 27.0. The Hall–Kier alpha value is -3.42. The van der Waals surface area contributed by atoms with Crippen molar-refractivity contribution in [3.63, 3.8) is 0 Å². The molecule has 1 aromatic heterocycles. The van der Waals surface area contributed by atoms with Crippen molar-refractivity contribution in [3.8, 4) is 0 Å². The van der Waals surface area contributed by atoms with Crippen LogP contribution < -0.4 is 22.5 Å². The van der Waals surface area contributed by atoms with Gasteiger partial charge in [-0.3, -0.25) is 14.6 Å². The van der Waals surface area contributed by atoms with Gasteiger partial charge in [-0.05, 0) is 54.7 Å². The third kappa shape index (κ3) is 8.68. The largest absolute Gasteiger partial charge is 0.416 e. The number of amides is 1. The summed E-state index contributed by atoms with van der Waals surface area (Å²) in [6.45, 7) is 3.71. The maximum Gasteiger partial charge on any atom is 0.416 e. The lowest BCUT2D eigenvalue weighted by atomic mass is 9.96. The number of benzene rings is 2. The lowest BCUT2D eigenvalue weighted by Gasteiger charge is -2.53. The van der Waals surface area contributed by atoms with Gasteiger partial charge in [0.1, 0.15) is 13.1 Å². The average molecular weight is 644 g/mol. The van der Waals surface area contributed by atoms with Crippen LogP contribution in [0.25, 0.3) is 10.9 Å². The highest BCUT2D eigenvalue weighted by Gasteiger charge is 2.48. The van der Waals surface area contributed by atoms with Crippen LogP contribution in [0.5, 0.6) is 0 Å². The smallest absolute Gasteiger partial charge is 0.345 e. The summed E-state index contributed by atoms with van der Waals surface area (Å²) in [5.74, 6) is -0.758. The van der Waals surface area contributed by atoms with E-state index in [-0.39, 0.29) is 30.7 Å². The number of fused-ring (bicyclic) bond motifs is 1. The van der Waals surface area contributed by atoms with Crippen molar-refractivity contribution in [2.24, 2.45) is 17.2 Å². The van der Waals surface area contributed by atoms with Crippen LogP contribution >= 0.6 is 0 Å². The SMILES string of the molecule is C[N+]1(CCC[C@H](N)C(=O)N[C@@H](Cc2ccc(C(F)(F)F)cc2)C(=O)Cc2cnc3ccccc3c2)CC(CN)[N+](C)(C)C(CN)C1. The minimum atomic E-state index is -4.48. The molecule has 4 atom stereocenters. The van der Waals surface area contributed by atoms with Gasteiger partial charge in [-0.15, -0.1) is 0 Å². The molecule has 0 bridgehead atoms. The molecule has 7 N–H and O–H groups in total. The van der Waals surface area contributed by atoms with Crippen LogP contribution in [-0.2, 0) is 28.6 Å². The summed E-state index contributed by atoms with van der Waals surface area (Å²) >= 11 is 0. The number of rotatable bonds is 13. The number of hydrogen-bond donors (Lipinski definition) is 4. The van der Waals surface area contributed by atoms with E-state index < -0.39 is 29.7 Å². The van der Waals surface area contributed by atoms with Gasteiger partial charge in [0, 0.05) is 18.0 Å². The Kier molecular flexibility index (Phi) is 11.2. The number of para-hydroxylation sites is 1. The highest BCUT2D eigenvalue weighted by atomic mass is 19.4. The zero-order chi connectivity index (χ0) is 33.7. The molecular formula is C34H48F3N7O2+2. The molecule has 12 heteroatoms. The van der Waals surface area contributed by atoms with Crippen LogP contribution in [0.2, 0.25) is 0 Å². The van der Waals surface area contributed by atoms with Gasteiger partial charge in [-0.25, -0.2) is 0 Å². The van der Waals surface area contributed by atoms with Gasteiger partial charge in [0.25, 0.3) is 0 Å². The first kappa shape index (κ1) is 35.4. The molecule has 1 aliphatic heterocycles. The number of carbonyl (C=O) groups is 2. The monoisotopic (exact) mass is 643 g/mol. The molecule has 0 spiro atoms. The third-order valence-corrected chi connectivity index (χ3v) is 9.73. The summed E-state index contributed by atoms with van der Waals surface area (Å²) in [7, 11) is 6.55. The van der Waals surface area contributed by atoms with Crippen molar-refractivity contribution in [2.45, 2.75) is 56.0 Å². The minimum Gasteiger partial charge on any atom is -0.345 e. The first-order chi connectivity index (χ1) is 21.6. The number of likely N-dealkylation sites (N-methyl/N-ethyl adjacent to an activating group) is 2. The predicted octanol–water partition coefficient (Wildman–Crippen LogP) is 2.39. The first-order valence-corrected chi connectivity index (χ1v) is 15.8. The highest BCUT2D eigenvalue weighted by molar-refractivity contribution is 5.92. The summed E-state index contributed by atoms with van der Waals surface area (Å²) in [6, 6.07) is 12.7. The lowest BCUT2D eigenvalue weighted by Crippen LogP contribution is -2.75. The molecule has 4 rings (SSSR count). The predicted molar refractivity (Wildman–Crippen MR) is 173 cm³/mol. The third-order valence-electron chi connectivity index (χ3n) is 9.73. The van der Waals surface area contributed by atoms with E-state index in [0.29, 0.717) is 37.1 Å². The number of alkyl halides is 3. The number of pyridine rings is 1. The van der Waals surface area contributed by atoms with Crippen LogP contribution in [-0.4, -0.2) is 104 Å². The molecule has 2 heterocycles. The Morgan fingerprint density at radius 3 is 2.22 bits per heavy atom. The summed E-state index contributed by atoms with van der Waals surface area (Å²) in [5, 5.41) is 3.69. The molecule has 1 saturated heterocycles. The van der Waals surface area contributed by atoms with Crippen molar-refractivity contribution < 1.29 is 31.7 Å². The molecule has 46 heavy (non-hydrogen) atoms. The van der Waals surface area contributed by atoms with Crippen molar-refractivity contribution in [1.29, 1.82) is 0 Å². The van der Waals surface area contributed by atoms with Gasteiger partial charge in [0.2, 0.25) is 5.91 Å². The van der Waals surface area contributed by atoms with Crippen LogP contribution in [0.1, 0.15) is 29.5 Å². The maximum absolute atomic E-state index is 13.6. The number of nitrogens with zero attached hydrogens (tertiary/aromatic N) is 3. The van der Waals surface area contributed by atoms with Crippen molar-refractivity contribution in [3.05, 3.63) is 77.5 Å². The van der Waals surface area contributed by atoms with E-state index in [1.54, 1.807) is 6.20 Å². The number of piperazine rings is 1. The molecule has 0 aliphatic carbocycles. The topological polar surface area (TPSA) is 137 Å². The van der Waals surface area contributed by atoms with E-state index in [1.165, 1.54) is 12.1 Å². The van der Waals surface area contributed by atoms with E-state index in [9.17, 15) is 22.8 Å². The number of halogens is 3. The normalized spacial score (nSPS) is 22.7. The van der Waals surface area contributed by atoms with Gasteiger partial charge in [-0.1, -0.05) is 30.3 Å². The van der Waals surface area contributed by atoms with Crippen LogP contribution in [0.4, 0.5) is 13.2 Å².